The van der Waals surface area contributed by atoms with Gasteiger partial charge in [-0.1, -0.05) is 19.8 Å². The van der Waals surface area contributed by atoms with Crippen molar-refractivity contribution in [3.8, 4) is 0 Å². The minimum absolute atomic E-state index is 0.835. The van der Waals surface area contributed by atoms with E-state index in [1.54, 1.807) is 0 Å². The van der Waals surface area contributed by atoms with Crippen LogP contribution in [0.5, 0.6) is 0 Å². The molecule has 76 valence electrons. The highest BCUT2D eigenvalue weighted by atomic mass is 15.2. The van der Waals surface area contributed by atoms with Crippen molar-refractivity contribution in [2.75, 3.05) is 26.2 Å². The van der Waals surface area contributed by atoms with E-state index >= 15 is 0 Å². The second kappa shape index (κ2) is 4.43. The summed E-state index contributed by atoms with van der Waals surface area (Å²) in [7, 11) is 0. The number of fused-ring (bicyclic) bond motifs is 1. The first-order valence-electron chi connectivity index (χ1n) is 5.86. The lowest BCUT2D eigenvalue weighted by molar-refractivity contribution is 0.306. The molecule has 0 aromatic carbocycles. The lowest BCUT2D eigenvalue weighted by atomic mass is 10.1. The third kappa shape index (κ3) is 2.23. The Balaban J connectivity index is 1.67. The second-order valence-corrected chi connectivity index (χ2v) is 4.58. The van der Waals surface area contributed by atoms with E-state index in [9.17, 15) is 0 Å². The van der Waals surface area contributed by atoms with Crippen molar-refractivity contribution in [1.82, 2.24) is 10.2 Å². The number of nitrogens with zero attached hydrogens (tertiary/aromatic N) is 1. The van der Waals surface area contributed by atoms with Crippen LogP contribution in [-0.4, -0.2) is 37.1 Å². The summed E-state index contributed by atoms with van der Waals surface area (Å²) >= 11 is 0. The maximum atomic E-state index is 3.60. The van der Waals surface area contributed by atoms with Gasteiger partial charge in [0, 0.05) is 19.1 Å². The van der Waals surface area contributed by atoms with Gasteiger partial charge in [-0.25, -0.2) is 0 Å². The number of likely N-dealkylation sites (tertiary alicyclic amines) is 1. The van der Waals surface area contributed by atoms with Crippen molar-refractivity contribution in [3.05, 3.63) is 0 Å². The maximum Gasteiger partial charge on any atom is 0.0235 e. The molecule has 0 aromatic heterocycles. The fourth-order valence-electron chi connectivity index (χ4n) is 2.71. The standard InChI is InChI=1S/C11H22N2/c1-2-3-4-7-13-8-10-5-6-12-11(10)9-13/h10-12H,2-9H2,1H3/t10-,11+/m0/s1. The van der Waals surface area contributed by atoms with Crippen molar-refractivity contribution in [2.24, 2.45) is 5.92 Å². The van der Waals surface area contributed by atoms with Gasteiger partial charge in [-0.2, -0.15) is 0 Å². The molecule has 2 saturated heterocycles. The van der Waals surface area contributed by atoms with Crippen LogP contribution in [0.25, 0.3) is 0 Å². The summed E-state index contributed by atoms with van der Waals surface area (Å²) in [4.78, 5) is 2.65. The molecule has 1 N–H and O–H groups in total. The van der Waals surface area contributed by atoms with Gasteiger partial charge in [0.15, 0.2) is 0 Å². The Bertz CT molecular complexity index is 146. The number of rotatable bonds is 4. The summed E-state index contributed by atoms with van der Waals surface area (Å²) in [6, 6.07) is 0.835. The topological polar surface area (TPSA) is 15.3 Å². The molecule has 0 unspecified atom stereocenters. The molecule has 2 heterocycles. The van der Waals surface area contributed by atoms with Gasteiger partial charge >= 0.3 is 0 Å². The Hall–Kier alpha value is -0.0800. The van der Waals surface area contributed by atoms with E-state index in [4.69, 9.17) is 0 Å². The van der Waals surface area contributed by atoms with Crippen LogP contribution >= 0.6 is 0 Å². The molecule has 0 aliphatic carbocycles. The molecule has 0 spiro atoms. The van der Waals surface area contributed by atoms with Gasteiger partial charge in [0.05, 0.1) is 0 Å². The van der Waals surface area contributed by atoms with Crippen molar-refractivity contribution < 1.29 is 0 Å². The predicted octanol–water partition coefficient (Wildman–Crippen LogP) is 1.47. The molecule has 2 heteroatoms. The van der Waals surface area contributed by atoms with E-state index in [-0.39, 0.29) is 0 Å². The first-order chi connectivity index (χ1) is 6.40. The lowest BCUT2D eigenvalue weighted by Gasteiger charge is -2.16. The molecule has 0 bridgehead atoms. The largest absolute Gasteiger partial charge is 0.312 e. The zero-order valence-electron chi connectivity index (χ0n) is 8.76. The van der Waals surface area contributed by atoms with E-state index in [2.05, 4.69) is 17.1 Å². The van der Waals surface area contributed by atoms with Gasteiger partial charge in [0.1, 0.15) is 0 Å². The third-order valence-electron chi connectivity index (χ3n) is 3.52. The van der Waals surface area contributed by atoms with Gasteiger partial charge in [-0.3, -0.25) is 0 Å². The molecule has 0 radical (unpaired) electrons. The SMILES string of the molecule is CCCCCN1C[C@@H]2CCN[C@@H]2C1. The highest BCUT2D eigenvalue weighted by Gasteiger charge is 2.35. The molecular formula is C11H22N2. The molecular weight excluding hydrogens is 160 g/mol. The lowest BCUT2D eigenvalue weighted by Crippen LogP contribution is -2.30. The molecule has 2 aliphatic rings. The van der Waals surface area contributed by atoms with E-state index in [1.807, 2.05) is 0 Å². The Kier molecular flexibility index (Phi) is 3.23. The molecule has 2 rings (SSSR count). The third-order valence-corrected chi connectivity index (χ3v) is 3.52. The van der Waals surface area contributed by atoms with Crippen LogP contribution in [0.2, 0.25) is 0 Å². The van der Waals surface area contributed by atoms with Gasteiger partial charge < -0.3 is 10.2 Å². The molecule has 2 aliphatic heterocycles. The molecule has 2 atom stereocenters. The number of unbranched alkanes of at least 4 members (excludes halogenated alkanes) is 2. The number of hydrogen-bond donors (Lipinski definition) is 1. The van der Waals surface area contributed by atoms with Gasteiger partial charge in [0.25, 0.3) is 0 Å². The monoisotopic (exact) mass is 182 g/mol. The summed E-state index contributed by atoms with van der Waals surface area (Å²) in [6.07, 6.45) is 5.56. The van der Waals surface area contributed by atoms with Crippen LogP contribution in [0, 0.1) is 5.92 Å². The molecule has 0 saturated carbocycles. The van der Waals surface area contributed by atoms with Gasteiger partial charge in [0.2, 0.25) is 0 Å². The van der Waals surface area contributed by atoms with Crippen molar-refractivity contribution in [3.63, 3.8) is 0 Å². The van der Waals surface area contributed by atoms with E-state index in [0.29, 0.717) is 0 Å². The van der Waals surface area contributed by atoms with Gasteiger partial charge in [-0.05, 0) is 31.8 Å². The summed E-state index contributed by atoms with van der Waals surface area (Å²) in [5, 5.41) is 3.60. The van der Waals surface area contributed by atoms with Gasteiger partial charge in [-0.15, -0.1) is 0 Å². The number of hydrogen-bond acceptors (Lipinski definition) is 2. The first kappa shape index (κ1) is 9.47. The summed E-state index contributed by atoms with van der Waals surface area (Å²) in [5.41, 5.74) is 0. The Morgan fingerprint density at radius 1 is 1.31 bits per heavy atom. The molecule has 0 aromatic rings. The van der Waals surface area contributed by atoms with E-state index in [1.165, 1.54) is 51.9 Å². The van der Waals surface area contributed by atoms with Crippen LogP contribution in [0.15, 0.2) is 0 Å². The summed E-state index contributed by atoms with van der Waals surface area (Å²) in [6.45, 7) is 7.55. The number of nitrogens with one attached hydrogen (secondary N) is 1. The zero-order chi connectivity index (χ0) is 9.10. The fourth-order valence-corrected chi connectivity index (χ4v) is 2.71. The highest BCUT2D eigenvalue weighted by molar-refractivity contribution is 4.93. The Morgan fingerprint density at radius 2 is 2.23 bits per heavy atom. The van der Waals surface area contributed by atoms with Crippen LogP contribution in [-0.2, 0) is 0 Å². The van der Waals surface area contributed by atoms with E-state index < -0.39 is 0 Å². The summed E-state index contributed by atoms with van der Waals surface area (Å²) in [5.74, 6) is 0.974. The smallest absolute Gasteiger partial charge is 0.0235 e. The molecule has 0 amide bonds. The van der Waals surface area contributed by atoms with E-state index in [0.717, 1.165) is 12.0 Å². The fraction of sp³-hybridized carbons (Fsp3) is 1.00. The minimum Gasteiger partial charge on any atom is -0.312 e. The Morgan fingerprint density at radius 3 is 3.00 bits per heavy atom. The van der Waals surface area contributed by atoms with Crippen molar-refractivity contribution in [2.45, 2.75) is 38.6 Å². The average Bonchev–Trinajstić information content (AvgIpc) is 2.64. The van der Waals surface area contributed by atoms with Crippen molar-refractivity contribution in [1.29, 1.82) is 0 Å². The highest BCUT2D eigenvalue weighted by Crippen LogP contribution is 2.24. The second-order valence-electron chi connectivity index (χ2n) is 4.58. The Labute approximate surface area is 81.7 Å². The quantitative estimate of drug-likeness (QED) is 0.662. The summed E-state index contributed by atoms with van der Waals surface area (Å²) < 4.78 is 0. The van der Waals surface area contributed by atoms with Crippen LogP contribution in [0.4, 0.5) is 0 Å². The maximum absolute atomic E-state index is 3.60. The average molecular weight is 182 g/mol. The zero-order valence-corrected chi connectivity index (χ0v) is 8.76. The van der Waals surface area contributed by atoms with Crippen LogP contribution in [0.3, 0.4) is 0 Å². The minimum atomic E-state index is 0.835. The molecule has 2 nitrogen and oxygen atoms in total. The predicted molar refractivity (Wildman–Crippen MR) is 55.9 cm³/mol. The van der Waals surface area contributed by atoms with Crippen LogP contribution in [0.1, 0.15) is 32.6 Å². The van der Waals surface area contributed by atoms with Crippen LogP contribution < -0.4 is 5.32 Å². The van der Waals surface area contributed by atoms with Crippen molar-refractivity contribution >= 4 is 0 Å². The molecule has 2 fully saturated rings. The first-order valence-corrected chi connectivity index (χ1v) is 5.86. The molecule has 13 heavy (non-hydrogen) atoms. The normalized spacial score (nSPS) is 33.9.